The molecular weight excluding hydrogens is 166 g/mol. The summed E-state index contributed by atoms with van der Waals surface area (Å²) in [6, 6.07) is 0.325. The third-order valence-corrected chi connectivity index (χ3v) is 2.90. The van der Waals surface area contributed by atoms with Gasteiger partial charge in [-0.05, 0) is 25.2 Å². The molecule has 72 valence electrons. The summed E-state index contributed by atoms with van der Waals surface area (Å²) in [6.45, 7) is 2.21. The van der Waals surface area contributed by atoms with Gasteiger partial charge in [0.05, 0.1) is 12.1 Å². The number of nitrogens with zero attached hydrogens (tertiary/aromatic N) is 3. The monoisotopic (exact) mass is 181 g/mol. The molecule has 1 fully saturated rings. The predicted molar refractivity (Wildman–Crippen MR) is 48.1 cm³/mol. The van der Waals surface area contributed by atoms with Gasteiger partial charge in [-0.3, -0.25) is 0 Å². The first-order valence-electron chi connectivity index (χ1n) is 4.79. The van der Waals surface area contributed by atoms with Gasteiger partial charge in [0.15, 0.2) is 0 Å². The maximum Gasteiger partial charge on any atom is 0.137 e. The zero-order chi connectivity index (χ0) is 9.26. The highest BCUT2D eigenvalue weighted by molar-refractivity contribution is 4.81. The van der Waals surface area contributed by atoms with E-state index in [1.54, 1.807) is 12.7 Å². The predicted octanol–water partition coefficient (Wildman–Crippen LogP) is 1.00. The molecule has 13 heavy (non-hydrogen) atoms. The van der Waals surface area contributed by atoms with Crippen molar-refractivity contribution in [1.29, 1.82) is 0 Å². The Hall–Kier alpha value is -0.900. The van der Waals surface area contributed by atoms with Crippen LogP contribution in [0.2, 0.25) is 0 Å². The number of aromatic nitrogens is 3. The smallest absolute Gasteiger partial charge is 0.137 e. The van der Waals surface area contributed by atoms with Gasteiger partial charge in [0.2, 0.25) is 0 Å². The minimum absolute atomic E-state index is 0.162. The number of rotatable bonds is 1. The maximum absolute atomic E-state index is 9.53. The average Bonchev–Trinajstić information content (AvgIpc) is 2.61. The van der Waals surface area contributed by atoms with Gasteiger partial charge >= 0.3 is 0 Å². The molecule has 1 N–H and O–H groups in total. The largest absolute Gasteiger partial charge is 0.393 e. The Morgan fingerprint density at radius 3 is 3.00 bits per heavy atom. The summed E-state index contributed by atoms with van der Waals surface area (Å²) in [6.07, 6.45) is 5.93. The van der Waals surface area contributed by atoms with Gasteiger partial charge < -0.3 is 5.11 Å². The fraction of sp³-hybridized carbons (Fsp3) is 0.778. The topological polar surface area (TPSA) is 50.9 Å². The summed E-state index contributed by atoms with van der Waals surface area (Å²) in [4.78, 5) is 3.93. The second-order valence-electron chi connectivity index (χ2n) is 3.89. The molecule has 0 bridgehead atoms. The van der Waals surface area contributed by atoms with Crippen LogP contribution in [0.5, 0.6) is 0 Å². The van der Waals surface area contributed by atoms with Gasteiger partial charge in [0.25, 0.3) is 0 Å². The van der Waals surface area contributed by atoms with Crippen LogP contribution in [0.3, 0.4) is 0 Å². The second kappa shape index (κ2) is 3.46. The molecule has 0 aromatic carbocycles. The number of aliphatic hydroxyl groups is 1. The van der Waals surface area contributed by atoms with Crippen molar-refractivity contribution in [3.63, 3.8) is 0 Å². The fourth-order valence-corrected chi connectivity index (χ4v) is 2.03. The van der Waals surface area contributed by atoms with Gasteiger partial charge in [-0.1, -0.05) is 6.92 Å². The van der Waals surface area contributed by atoms with Gasteiger partial charge in [-0.2, -0.15) is 5.10 Å². The summed E-state index contributed by atoms with van der Waals surface area (Å²) in [7, 11) is 0. The minimum atomic E-state index is -0.162. The summed E-state index contributed by atoms with van der Waals surface area (Å²) in [5.41, 5.74) is 0. The maximum atomic E-state index is 9.53. The summed E-state index contributed by atoms with van der Waals surface area (Å²) < 4.78 is 1.87. The van der Waals surface area contributed by atoms with Crippen molar-refractivity contribution in [1.82, 2.24) is 14.8 Å². The van der Waals surface area contributed by atoms with Gasteiger partial charge in [0.1, 0.15) is 12.7 Å². The van der Waals surface area contributed by atoms with Crippen LogP contribution in [-0.4, -0.2) is 26.0 Å². The Bertz CT molecular complexity index is 260. The third kappa shape index (κ3) is 1.72. The van der Waals surface area contributed by atoms with Gasteiger partial charge in [0, 0.05) is 0 Å². The van der Waals surface area contributed by atoms with Gasteiger partial charge in [-0.25, -0.2) is 9.67 Å². The highest BCUT2D eigenvalue weighted by Gasteiger charge is 2.28. The van der Waals surface area contributed by atoms with Crippen LogP contribution in [0.25, 0.3) is 0 Å². The Labute approximate surface area is 77.6 Å². The molecule has 1 saturated carbocycles. The van der Waals surface area contributed by atoms with E-state index in [1.165, 1.54) is 0 Å². The number of aliphatic hydroxyl groups excluding tert-OH is 1. The van der Waals surface area contributed by atoms with Gasteiger partial charge in [-0.15, -0.1) is 0 Å². The van der Waals surface area contributed by atoms with Crippen molar-refractivity contribution < 1.29 is 5.11 Å². The minimum Gasteiger partial charge on any atom is -0.393 e. The van der Waals surface area contributed by atoms with Crippen molar-refractivity contribution in [2.24, 2.45) is 5.92 Å². The lowest BCUT2D eigenvalue weighted by Crippen LogP contribution is -2.28. The van der Waals surface area contributed by atoms with E-state index < -0.39 is 0 Å². The van der Waals surface area contributed by atoms with Crippen molar-refractivity contribution in [2.45, 2.75) is 38.3 Å². The first-order valence-corrected chi connectivity index (χ1v) is 4.79. The lowest BCUT2D eigenvalue weighted by atomic mass is 9.84. The van der Waals surface area contributed by atoms with Crippen LogP contribution in [0.1, 0.15) is 32.2 Å². The number of hydrogen-bond donors (Lipinski definition) is 1. The quantitative estimate of drug-likeness (QED) is 0.703. The molecular formula is C9H15N3O. The zero-order valence-electron chi connectivity index (χ0n) is 7.80. The van der Waals surface area contributed by atoms with Crippen molar-refractivity contribution in [3.8, 4) is 0 Å². The van der Waals surface area contributed by atoms with E-state index in [0.717, 1.165) is 19.3 Å². The molecule has 2 rings (SSSR count). The van der Waals surface area contributed by atoms with E-state index in [1.807, 2.05) is 4.68 Å². The molecule has 0 aliphatic heterocycles. The third-order valence-electron chi connectivity index (χ3n) is 2.90. The molecule has 0 amide bonds. The van der Waals surface area contributed by atoms with Crippen molar-refractivity contribution in [3.05, 3.63) is 12.7 Å². The van der Waals surface area contributed by atoms with Crippen molar-refractivity contribution >= 4 is 0 Å². The molecule has 3 unspecified atom stereocenters. The van der Waals surface area contributed by atoms with Crippen LogP contribution in [0, 0.1) is 5.92 Å². The zero-order valence-corrected chi connectivity index (χ0v) is 7.80. The summed E-state index contributed by atoms with van der Waals surface area (Å²) >= 11 is 0. The van der Waals surface area contributed by atoms with E-state index in [0.29, 0.717) is 12.0 Å². The molecule has 1 aliphatic carbocycles. The summed E-state index contributed by atoms with van der Waals surface area (Å²) in [5.74, 6) is 0.588. The molecule has 1 heterocycles. The SMILES string of the molecule is CC1CCC(O)CC1n1cncn1. The van der Waals surface area contributed by atoms with Crippen LogP contribution in [-0.2, 0) is 0 Å². The first-order chi connectivity index (χ1) is 6.27. The molecule has 0 saturated heterocycles. The highest BCUT2D eigenvalue weighted by atomic mass is 16.3. The first kappa shape index (κ1) is 8.69. The fourth-order valence-electron chi connectivity index (χ4n) is 2.03. The van der Waals surface area contributed by atoms with E-state index in [-0.39, 0.29) is 6.10 Å². The lowest BCUT2D eigenvalue weighted by molar-refractivity contribution is 0.0734. The van der Waals surface area contributed by atoms with E-state index in [4.69, 9.17) is 0 Å². The molecule has 0 radical (unpaired) electrons. The normalized spacial score (nSPS) is 34.8. The molecule has 4 nitrogen and oxygen atoms in total. The molecule has 1 aromatic heterocycles. The molecule has 0 spiro atoms. The van der Waals surface area contributed by atoms with Crippen LogP contribution >= 0.6 is 0 Å². The highest BCUT2D eigenvalue weighted by Crippen LogP contribution is 2.32. The Balaban J connectivity index is 2.12. The van der Waals surface area contributed by atoms with Crippen molar-refractivity contribution in [2.75, 3.05) is 0 Å². The van der Waals surface area contributed by atoms with Crippen LogP contribution in [0.4, 0.5) is 0 Å². The Kier molecular flexibility index (Phi) is 2.31. The van der Waals surface area contributed by atoms with Crippen LogP contribution in [0.15, 0.2) is 12.7 Å². The molecule has 3 atom stereocenters. The van der Waals surface area contributed by atoms with E-state index in [9.17, 15) is 5.11 Å². The molecule has 1 aromatic rings. The molecule has 1 aliphatic rings. The Morgan fingerprint density at radius 2 is 2.31 bits per heavy atom. The van der Waals surface area contributed by atoms with Crippen LogP contribution < -0.4 is 0 Å². The molecule has 4 heteroatoms. The average molecular weight is 181 g/mol. The van der Waals surface area contributed by atoms with E-state index in [2.05, 4.69) is 17.0 Å². The second-order valence-corrected chi connectivity index (χ2v) is 3.89. The lowest BCUT2D eigenvalue weighted by Gasteiger charge is -2.31. The summed E-state index contributed by atoms with van der Waals surface area (Å²) in [5, 5.41) is 13.7. The van der Waals surface area contributed by atoms with E-state index >= 15 is 0 Å². The Morgan fingerprint density at radius 1 is 1.46 bits per heavy atom. The standard InChI is InChI=1S/C9H15N3O/c1-7-2-3-8(13)4-9(7)12-6-10-5-11-12/h5-9,13H,2-4H2,1H3. The number of hydrogen-bond acceptors (Lipinski definition) is 3.